The van der Waals surface area contributed by atoms with E-state index in [0.29, 0.717) is 0 Å². The van der Waals surface area contributed by atoms with Crippen LogP contribution in [-0.4, -0.2) is 37.9 Å². The summed E-state index contributed by atoms with van der Waals surface area (Å²) in [6, 6.07) is -0.620. The summed E-state index contributed by atoms with van der Waals surface area (Å²) in [4.78, 5) is 11.1. The Morgan fingerprint density at radius 1 is 1.50 bits per heavy atom. The summed E-state index contributed by atoms with van der Waals surface area (Å²) in [6.45, 7) is 4.74. The van der Waals surface area contributed by atoms with Crippen molar-refractivity contribution in [1.29, 1.82) is 0 Å². The van der Waals surface area contributed by atoms with Crippen molar-refractivity contribution in [3.05, 3.63) is 0 Å². The largest absolute Gasteiger partial charge is 0.353 e. The number of amides is 1. The van der Waals surface area contributed by atoms with Gasteiger partial charge in [-0.2, -0.15) is 0 Å². The smallest absolute Gasteiger partial charge is 0.236 e. The number of nitrogens with one attached hydrogen (secondary N) is 1. The van der Waals surface area contributed by atoms with E-state index in [-0.39, 0.29) is 12.5 Å². The van der Waals surface area contributed by atoms with Gasteiger partial charge in [0.1, 0.15) is 0 Å². The Bertz CT molecular complexity index is 307. The van der Waals surface area contributed by atoms with Gasteiger partial charge in [0.15, 0.2) is 9.84 Å². The van der Waals surface area contributed by atoms with Gasteiger partial charge in [-0.15, -0.1) is 0 Å². The fourth-order valence-electron chi connectivity index (χ4n) is 0.592. The summed E-state index contributed by atoms with van der Waals surface area (Å²) in [5.74, 6) is -0.346. The van der Waals surface area contributed by atoms with Crippen LogP contribution in [0.1, 0.15) is 20.8 Å². The second kappa shape index (κ2) is 4.27. The van der Waals surface area contributed by atoms with Crippen LogP contribution in [0.25, 0.3) is 0 Å². The number of rotatable bonds is 4. The summed E-state index contributed by atoms with van der Waals surface area (Å²) in [5.41, 5.74) is 5.31. The van der Waals surface area contributed by atoms with Gasteiger partial charge in [0, 0.05) is 12.8 Å². The maximum Gasteiger partial charge on any atom is 0.236 e. The van der Waals surface area contributed by atoms with Crippen molar-refractivity contribution >= 4 is 15.7 Å². The molecule has 84 valence electrons. The maximum absolute atomic E-state index is 11.3. The highest BCUT2D eigenvalue weighted by atomic mass is 32.2. The van der Waals surface area contributed by atoms with Gasteiger partial charge in [0.25, 0.3) is 0 Å². The van der Waals surface area contributed by atoms with Gasteiger partial charge in [0.2, 0.25) is 5.91 Å². The summed E-state index contributed by atoms with van der Waals surface area (Å²) in [6.07, 6.45) is 1.14. The minimum atomic E-state index is -3.18. The Morgan fingerprint density at radius 2 is 1.93 bits per heavy atom. The second-order valence-electron chi connectivity index (χ2n) is 4.04. The average Bonchev–Trinajstić information content (AvgIpc) is 1.97. The molecule has 0 spiro atoms. The molecule has 0 aromatic carbocycles. The van der Waals surface area contributed by atoms with Gasteiger partial charge in [-0.3, -0.25) is 4.79 Å². The number of sulfone groups is 1. The Balaban J connectivity index is 4.35. The van der Waals surface area contributed by atoms with E-state index in [9.17, 15) is 13.2 Å². The molecule has 0 unspecified atom stereocenters. The third kappa shape index (κ3) is 3.63. The minimum Gasteiger partial charge on any atom is -0.353 e. The van der Waals surface area contributed by atoms with Crippen molar-refractivity contribution in [3.63, 3.8) is 0 Å². The van der Waals surface area contributed by atoms with Crippen LogP contribution in [0, 0.1) is 0 Å². The van der Waals surface area contributed by atoms with Crippen molar-refractivity contribution < 1.29 is 13.2 Å². The minimum absolute atomic E-state index is 0.0756. The van der Waals surface area contributed by atoms with Crippen LogP contribution in [0.15, 0.2) is 0 Å². The van der Waals surface area contributed by atoms with Gasteiger partial charge < -0.3 is 11.1 Å². The summed E-state index contributed by atoms with van der Waals surface area (Å²) >= 11 is 0. The predicted molar refractivity (Wildman–Crippen MR) is 55.6 cm³/mol. The molecule has 1 atom stereocenters. The van der Waals surface area contributed by atoms with Gasteiger partial charge in [-0.1, -0.05) is 0 Å². The van der Waals surface area contributed by atoms with Crippen LogP contribution in [-0.2, 0) is 14.6 Å². The first-order valence-corrected chi connectivity index (χ1v) is 6.20. The first-order valence-electron chi connectivity index (χ1n) is 4.31. The van der Waals surface area contributed by atoms with Gasteiger partial charge >= 0.3 is 0 Å². The molecule has 0 aromatic rings. The van der Waals surface area contributed by atoms with E-state index in [1.54, 1.807) is 20.8 Å². The maximum atomic E-state index is 11.3. The molecule has 0 aromatic heterocycles. The standard InChI is InChI=1S/C8H18N2O3S/c1-6(9)7(11)10-5-8(2,3)14(4,12)13/h6H,5,9H2,1-4H3,(H,10,11)/t6-/m1/s1. The third-order valence-corrected chi connectivity index (χ3v) is 4.26. The third-order valence-electron chi connectivity index (χ3n) is 2.11. The molecule has 0 bridgehead atoms. The van der Waals surface area contributed by atoms with Crippen LogP contribution < -0.4 is 11.1 Å². The lowest BCUT2D eigenvalue weighted by Crippen LogP contribution is -2.47. The van der Waals surface area contributed by atoms with Crippen molar-refractivity contribution in [2.75, 3.05) is 12.8 Å². The monoisotopic (exact) mass is 222 g/mol. The second-order valence-corrected chi connectivity index (χ2v) is 6.69. The highest BCUT2D eigenvalue weighted by Gasteiger charge is 2.30. The lowest BCUT2D eigenvalue weighted by Gasteiger charge is -2.23. The van der Waals surface area contributed by atoms with E-state index in [0.717, 1.165) is 6.26 Å². The Morgan fingerprint density at radius 3 is 2.21 bits per heavy atom. The predicted octanol–water partition coefficient (Wildman–Crippen LogP) is -0.727. The van der Waals surface area contributed by atoms with Crippen molar-refractivity contribution in [1.82, 2.24) is 5.32 Å². The van der Waals surface area contributed by atoms with Gasteiger partial charge in [0.05, 0.1) is 10.8 Å². The van der Waals surface area contributed by atoms with Crippen LogP contribution in [0.3, 0.4) is 0 Å². The zero-order chi connectivity index (χ0) is 11.6. The Labute approximate surface area is 85.0 Å². The molecule has 0 rings (SSSR count). The van der Waals surface area contributed by atoms with Crippen LogP contribution in [0.2, 0.25) is 0 Å². The quantitative estimate of drug-likeness (QED) is 0.656. The fourth-order valence-corrected chi connectivity index (χ4v) is 0.926. The molecule has 0 aliphatic rings. The van der Waals surface area contributed by atoms with Crippen molar-refractivity contribution in [2.24, 2.45) is 5.73 Å². The zero-order valence-electron chi connectivity index (χ0n) is 8.99. The van der Waals surface area contributed by atoms with E-state index in [1.165, 1.54) is 0 Å². The molecule has 0 saturated carbocycles. The van der Waals surface area contributed by atoms with Crippen molar-refractivity contribution in [3.8, 4) is 0 Å². The zero-order valence-corrected chi connectivity index (χ0v) is 9.81. The molecule has 0 aliphatic carbocycles. The Hall–Kier alpha value is -0.620. The van der Waals surface area contributed by atoms with Gasteiger partial charge in [-0.25, -0.2) is 8.42 Å². The molecule has 0 heterocycles. The number of carbonyl (C=O) groups is 1. The van der Waals surface area contributed by atoms with Crippen LogP contribution >= 0.6 is 0 Å². The molecule has 0 saturated heterocycles. The lowest BCUT2D eigenvalue weighted by atomic mass is 10.2. The Kier molecular flexibility index (Phi) is 4.08. The summed E-state index contributed by atoms with van der Waals surface area (Å²) in [5, 5.41) is 2.49. The van der Waals surface area contributed by atoms with E-state index in [1.807, 2.05) is 0 Å². The number of nitrogens with two attached hydrogens (primary N) is 1. The van der Waals surface area contributed by atoms with E-state index in [4.69, 9.17) is 5.73 Å². The molecule has 0 fully saturated rings. The van der Waals surface area contributed by atoms with Crippen LogP contribution in [0.5, 0.6) is 0 Å². The number of hydrogen-bond acceptors (Lipinski definition) is 4. The highest BCUT2D eigenvalue weighted by molar-refractivity contribution is 7.92. The SMILES string of the molecule is C[C@@H](N)C(=O)NCC(C)(C)S(C)(=O)=O. The molecule has 5 nitrogen and oxygen atoms in total. The van der Waals surface area contributed by atoms with Crippen molar-refractivity contribution in [2.45, 2.75) is 31.6 Å². The molecule has 0 radical (unpaired) electrons. The average molecular weight is 222 g/mol. The first kappa shape index (κ1) is 13.4. The van der Waals surface area contributed by atoms with E-state index >= 15 is 0 Å². The molecule has 14 heavy (non-hydrogen) atoms. The highest BCUT2D eigenvalue weighted by Crippen LogP contribution is 2.13. The summed E-state index contributed by atoms with van der Waals surface area (Å²) < 4.78 is 21.5. The molecule has 3 N–H and O–H groups in total. The van der Waals surface area contributed by atoms with Gasteiger partial charge in [-0.05, 0) is 20.8 Å². The number of hydrogen-bond donors (Lipinski definition) is 2. The van der Waals surface area contributed by atoms with E-state index < -0.39 is 20.6 Å². The first-order chi connectivity index (χ1) is 6.08. The molecular formula is C8H18N2O3S. The molecular weight excluding hydrogens is 204 g/mol. The molecule has 1 amide bonds. The molecule has 6 heteroatoms. The van der Waals surface area contributed by atoms with E-state index in [2.05, 4.69) is 5.32 Å². The normalized spacial score (nSPS) is 14.9. The lowest BCUT2D eigenvalue weighted by molar-refractivity contribution is -0.122. The number of carbonyl (C=O) groups excluding carboxylic acids is 1. The molecule has 0 aliphatic heterocycles. The van der Waals surface area contributed by atoms with Crippen LogP contribution in [0.4, 0.5) is 0 Å². The topological polar surface area (TPSA) is 89.3 Å². The summed E-state index contributed by atoms with van der Waals surface area (Å²) in [7, 11) is -3.18. The fraction of sp³-hybridized carbons (Fsp3) is 0.875.